The minimum Gasteiger partial charge on any atom is -0.497 e. The molecule has 0 unspecified atom stereocenters. The maximum atomic E-state index is 12.6. The van der Waals surface area contributed by atoms with Crippen LogP contribution in [0.25, 0.3) is 10.6 Å². The second kappa shape index (κ2) is 11.6. The van der Waals surface area contributed by atoms with Gasteiger partial charge >= 0.3 is 0 Å². The van der Waals surface area contributed by atoms with Crippen LogP contribution >= 0.6 is 23.7 Å². The third kappa shape index (κ3) is 7.37. The van der Waals surface area contributed by atoms with Crippen LogP contribution in [0.5, 0.6) is 5.75 Å². The maximum absolute atomic E-state index is 12.6. The van der Waals surface area contributed by atoms with Gasteiger partial charge in [-0.25, -0.2) is 0 Å². The zero-order chi connectivity index (χ0) is 24.9. The molecule has 1 aromatic heterocycles. The summed E-state index contributed by atoms with van der Waals surface area (Å²) in [5, 5.41) is 13.9. The molecule has 0 radical (unpaired) electrons. The smallest absolute Gasteiger partial charge is 0.285 e. The Morgan fingerprint density at radius 1 is 1.09 bits per heavy atom. The van der Waals surface area contributed by atoms with Crippen LogP contribution in [0, 0.1) is 6.92 Å². The SMILES string of the molecule is COc1ccc(-c2nnc(/N=C(\N)N/C(N)=N/S(=O)(=O)c3ccc(NC(C)=O)c(C)c3)s2)cc1.Cl. The van der Waals surface area contributed by atoms with E-state index in [0.29, 0.717) is 22.0 Å². The third-order valence-corrected chi connectivity index (χ3v) is 6.40. The van der Waals surface area contributed by atoms with E-state index in [0.717, 1.165) is 5.56 Å². The van der Waals surface area contributed by atoms with Gasteiger partial charge in [0.2, 0.25) is 23.0 Å². The number of aliphatic imine (C=N–C) groups is 1. The second-order valence-corrected chi connectivity index (χ2v) is 9.41. The maximum Gasteiger partial charge on any atom is 0.285 e. The van der Waals surface area contributed by atoms with Crippen LogP contribution in [0.4, 0.5) is 10.8 Å². The molecule has 0 aliphatic carbocycles. The summed E-state index contributed by atoms with van der Waals surface area (Å²) < 4.78 is 33.8. The summed E-state index contributed by atoms with van der Waals surface area (Å²) in [6.45, 7) is 3.01. The summed E-state index contributed by atoms with van der Waals surface area (Å²) in [5.41, 5.74) is 13.4. The highest BCUT2D eigenvalue weighted by atomic mass is 35.5. The fourth-order valence-corrected chi connectivity index (χ4v) is 4.41. The number of sulfonamides is 1. The largest absolute Gasteiger partial charge is 0.497 e. The van der Waals surface area contributed by atoms with E-state index in [9.17, 15) is 13.2 Å². The fraction of sp³-hybridized carbons (Fsp3) is 0.150. The van der Waals surface area contributed by atoms with Crippen LogP contribution in [0.1, 0.15) is 12.5 Å². The number of hydrogen-bond donors (Lipinski definition) is 4. The Morgan fingerprint density at radius 2 is 1.77 bits per heavy atom. The quantitative estimate of drug-likeness (QED) is 0.269. The number of aryl methyl sites for hydroxylation is 1. The number of aromatic nitrogens is 2. The predicted octanol–water partition coefficient (Wildman–Crippen LogP) is 2.14. The zero-order valence-electron chi connectivity index (χ0n) is 18.8. The van der Waals surface area contributed by atoms with E-state index in [4.69, 9.17) is 16.2 Å². The molecule has 2 aromatic carbocycles. The van der Waals surface area contributed by atoms with Crippen molar-refractivity contribution >= 4 is 62.4 Å². The van der Waals surface area contributed by atoms with E-state index >= 15 is 0 Å². The molecule has 0 aliphatic heterocycles. The van der Waals surface area contributed by atoms with Gasteiger partial charge in [0.15, 0.2) is 0 Å². The van der Waals surface area contributed by atoms with Gasteiger partial charge in [-0.05, 0) is 55.0 Å². The summed E-state index contributed by atoms with van der Waals surface area (Å²) in [6.07, 6.45) is 0. The lowest BCUT2D eigenvalue weighted by molar-refractivity contribution is -0.114. The molecule has 3 rings (SSSR count). The molecule has 3 aromatic rings. The molecule has 0 fully saturated rings. The van der Waals surface area contributed by atoms with Crippen LogP contribution in [0.3, 0.4) is 0 Å². The lowest BCUT2D eigenvalue weighted by atomic mass is 10.2. The van der Waals surface area contributed by atoms with Gasteiger partial charge in [-0.15, -0.1) is 27.0 Å². The van der Waals surface area contributed by atoms with Crippen LogP contribution in [-0.4, -0.2) is 43.6 Å². The van der Waals surface area contributed by atoms with Gasteiger partial charge in [-0.1, -0.05) is 11.3 Å². The molecule has 0 atom stereocenters. The average molecular weight is 539 g/mol. The number of carbonyl (C=O) groups is 1. The number of amides is 1. The highest BCUT2D eigenvalue weighted by Gasteiger charge is 2.16. The molecular weight excluding hydrogens is 516 g/mol. The molecule has 0 saturated carbocycles. The average Bonchev–Trinajstić information content (AvgIpc) is 3.22. The van der Waals surface area contributed by atoms with E-state index in [-0.39, 0.29) is 34.3 Å². The Balaban J connectivity index is 0.00000432. The van der Waals surface area contributed by atoms with Gasteiger partial charge in [0.25, 0.3) is 10.0 Å². The first-order chi connectivity index (χ1) is 16.1. The Kier molecular flexibility index (Phi) is 9.11. The number of nitrogens with one attached hydrogen (secondary N) is 2. The summed E-state index contributed by atoms with van der Waals surface area (Å²) in [5.74, 6) is -0.259. The Labute approximate surface area is 212 Å². The minimum absolute atomic E-state index is 0. The van der Waals surface area contributed by atoms with Crippen molar-refractivity contribution in [1.82, 2.24) is 15.5 Å². The zero-order valence-corrected chi connectivity index (χ0v) is 21.3. The van der Waals surface area contributed by atoms with Crippen LogP contribution in [0.15, 0.2) is 56.8 Å². The first-order valence-electron chi connectivity index (χ1n) is 9.65. The monoisotopic (exact) mass is 538 g/mol. The number of halogens is 1. The van der Waals surface area contributed by atoms with Crippen molar-refractivity contribution < 1.29 is 17.9 Å². The molecule has 35 heavy (non-hydrogen) atoms. The van der Waals surface area contributed by atoms with Gasteiger partial charge < -0.3 is 21.5 Å². The number of nitrogens with zero attached hydrogens (tertiary/aromatic N) is 4. The second-order valence-electron chi connectivity index (χ2n) is 6.85. The molecule has 0 bridgehead atoms. The molecule has 0 aliphatic rings. The molecule has 12 nitrogen and oxygen atoms in total. The van der Waals surface area contributed by atoms with Crippen molar-refractivity contribution in [2.24, 2.45) is 20.9 Å². The van der Waals surface area contributed by atoms with Crippen molar-refractivity contribution in [3.8, 4) is 16.3 Å². The van der Waals surface area contributed by atoms with Gasteiger partial charge in [0, 0.05) is 18.2 Å². The van der Waals surface area contributed by atoms with Crippen molar-refractivity contribution in [3.63, 3.8) is 0 Å². The Hall–Kier alpha value is -3.75. The standard InChI is InChI=1S/C20H22N8O4S2.ClH/c1-11-10-15(8-9-16(11)23-12(2)29)34(30,31)28-19(22)24-18(21)25-20-27-26-17(33-20)13-4-6-14(32-3)7-5-13;/h4-10H,1-3H3,(H,23,29)(H5,21,22,24,25,27,28);1H. The molecule has 0 spiro atoms. The van der Waals surface area contributed by atoms with E-state index in [1.54, 1.807) is 26.2 Å². The van der Waals surface area contributed by atoms with Crippen LogP contribution < -0.4 is 26.8 Å². The number of nitrogens with two attached hydrogens (primary N) is 2. The van der Waals surface area contributed by atoms with Crippen molar-refractivity contribution in [3.05, 3.63) is 48.0 Å². The topological polar surface area (TPSA) is 187 Å². The predicted molar refractivity (Wildman–Crippen MR) is 138 cm³/mol. The van der Waals surface area contributed by atoms with Gasteiger partial charge in [0.1, 0.15) is 10.8 Å². The van der Waals surface area contributed by atoms with Crippen molar-refractivity contribution in [1.29, 1.82) is 0 Å². The number of ether oxygens (including phenoxy) is 1. The van der Waals surface area contributed by atoms with Gasteiger partial charge in [-0.2, -0.15) is 13.4 Å². The minimum atomic E-state index is -4.14. The number of rotatable bonds is 6. The lowest BCUT2D eigenvalue weighted by Crippen LogP contribution is -2.41. The highest BCUT2D eigenvalue weighted by Crippen LogP contribution is 2.29. The summed E-state index contributed by atoms with van der Waals surface area (Å²) >= 11 is 1.17. The summed E-state index contributed by atoms with van der Waals surface area (Å²) in [4.78, 5) is 15.2. The molecule has 186 valence electrons. The van der Waals surface area contributed by atoms with E-state index in [1.807, 2.05) is 12.1 Å². The number of guanidine groups is 2. The van der Waals surface area contributed by atoms with E-state index in [1.165, 1.54) is 36.5 Å². The van der Waals surface area contributed by atoms with Crippen LogP contribution in [-0.2, 0) is 14.8 Å². The lowest BCUT2D eigenvalue weighted by Gasteiger charge is -2.08. The van der Waals surface area contributed by atoms with Gasteiger partial charge in [0.05, 0.1) is 12.0 Å². The molecule has 1 amide bonds. The molecule has 1 heterocycles. The number of anilines is 1. The van der Waals surface area contributed by atoms with E-state index in [2.05, 4.69) is 30.2 Å². The normalized spacial score (nSPS) is 12.0. The summed E-state index contributed by atoms with van der Waals surface area (Å²) in [7, 11) is -2.56. The number of benzene rings is 2. The fourth-order valence-electron chi connectivity index (χ4n) is 2.70. The Morgan fingerprint density at radius 3 is 2.37 bits per heavy atom. The number of carbonyl (C=O) groups excluding carboxylic acids is 1. The molecule has 6 N–H and O–H groups in total. The molecule has 0 saturated heterocycles. The first-order valence-corrected chi connectivity index (χ1v) is 11.9. The number of methoxy groups -OCH3 is 1. The third-order valence-electron chi connectivity index (χ3n) is 4.25. The number of hydrogen-bond acceptors (Lipinski definition) is 8. The first kappa shape index (κ1) is 27.5. The molecule has 15 heteroatoms. The van der Waals surface area contributed by atoms with Crippen LogP contribution in [0.2, 0.25) is 0 Å². The van der Waals surface area contributed by atoms with Crippen molar-refractivity contribution in [2.45, 2.75) is 18.7 Å². The van der Waals surface area contributed by atoms with E-state index < -0.39 is 16.0 Å². The van der Waals surface area contributed by atoms with Gasteiger partial charge in [-0.3, -0.25) is 10.1 Å². The molecular formula is C20H23ClN8O4S2. The highest BCUT2D eigenvalue weighted by molar-refractivity contribution is 7.90. The van der Waals surface area contributed by atoms with Crippen molar-refractivity contribution in [2.75, 3.05) is 12.4 Å². The summed E-state index contributed by atoms with van der Waals surface area (Å²) in [6, 6.07) is 11.4. The Bertz CT molecular complexity index is 1370.